The zero-order valence-electron chi connectivity index (χ0n) is 14.9. The van der Waals surface area contributed by atoms with Gasteiger partial charge in [0, 0.05) is 13.0 Å². The summed E-state index contributed by atoms with van der Waals surface area (Å²) in [6, 6.07) is 16.2. The number of aryl methyl sites for hydroxylation is 1. The molecule has 4 nitrogen and oxygen atoms in total. The molecule has 1 aliphatic heterocycles. The molecule has 1 aliphatic rings. The molecule has 2 aromatic rings. The molecule has 2 aromatic carbocycles. The summed E-state index contributed by atoms with van der Waals surface area (Å²) < 4.78 is 10.7. The fourth-order valence-electron chi connectivity index (χ4n) is 3.51. The molecule has 1 fully saturated rings. The smallest absolute Gasteiger partial charge is 0.223 e. The van der Waals surface area contributed by atoms with Gasteiger partial charge in [0.25, 0.3) is 0 Å². The predicted octanol–water partition coefficient (Wildman–Crippen LogP) is 4.00. The van der Waals surface area contributed by atoms with Crippen molar-refractivity contribution >= 4 is 5.91 Å². The van der Waals surface area contributed by atoms with Gasteiger partial charge in [0.2, 0.25) is 5.91 Å². The molecule has 0 aromatic heterocycles. The molecule has 0 N–H and O–H groups in total. The zero-order valence-corrected chi connectivity index (χ0v) is 14.9. The number of carbonyl (C=O) groups is 1. The van der Waals surface area contributed by atoms with Gasteiger partial charge in [0.15, 0.2) is 11.5 Å². The Morgan fingerprint density at radius 2 is 1.84 bits per heavy atom. The molecule has 1 atom stereocenters. The maximum atomic E-state index is 12.7. The van der Waals surface area contributed by atoms with Gasteiger partial charge < -0.3 is 14.4 Å². The summed E-state index contributed by atoms with van der Waals surface area (Å²) in [6.07, 6.45) is 3.37. The molecule has 1 saturated heterocycles. The number of amides is 1. The van der Waals surface area contributed by atoms with E-state index in [-0.39, 0.29) is 11.9 Å². The van der Waals surface area contributed by atoms with E-state index in [9.17, 15) is 4.79 Å². The van der Waals surface area contributed by atoms with Crippen molar-refractivity contribution in [3.63, 3.8) is 0 Å². The maximum Gasteiger partial charge on any atom is 0.223 e. The van der Waals surface area contributed by atoms with Crippen LogP contribution in [0.2, 0.25) is 0 Å². The van der Waals surface area contributed by atoms with E-state index >= 15 is 0 Å². The van der Waals surface area contributed by atoms with Crippen molar-refractivity contribution in [2.75, 3.05) is 20.8 Å². The van der Waals surface area contributed by atoms with E-state index in [0.29, 0.717) is 17.9 Å². The molecular weight excluding hydrogens is 314 g/mol. The number of rotatable bonds is 6. The van der Waals surface area contributed by atoms with Crippen LogP contribution in [0, 0.1) is 0 Å². The Morgan fingerprint density at radius 3 is 2.56 bits per heavy atom. The number of carbonyl (C=O) groups excluding carboxylic acids is 1. The van der Waals surface area contributed by atoms with Crippen LogP contribution in [0.15, 0.2) is 48.5 Å². The van der Waals surface area contributed by atoms with Gasteiger partial charge in [-0.2, -0.15) is 0 Å². The van der Waals surface area contributed by atoms with Crippen molar-refractivity contribution in [3.05, 3.63) is 59.7 Å². The molecule has 0 saturated carbocycles. The quantitative estimate of drug-likeness (QED) is 0.798. The summed E-state index contributed by atoms with van der Waals surface area (Å²) in [6.45, 7) is 0.826. The van der Waals surface area contributed by atoms with E-state index in [1.54, 1.807) is 14.2 Å². The molecule has 0 aliphatic carbocycles. The van der Waals surface area contributed by atoms with Gasteiger partial charge in [-0.25, -0.2) is 0 Å². The van der Waals surface area contributed by atoms with Crippen LogP contribution in [0.5, 0.6) is 11.5 Å². The van der Waals surface area contributed by atoms with E-state index in [4.69, 9.17) is 9.47 Å². The van der Waals surface area contributed by atoms with Crippen LogP contribution in [-0.2, 0) is 11.2 Å². The van der Waals surface area contributed by atoms with Crippen LogP contribution in [0.4, 0.5) is 0 Å². The van der Waals surface area contributed by atoms with Gasteiger partial charge in [0.1, 0.15) is 0 Å². The van der Waals surface area contributed by atoms with Crippen molar-refractivity contribution < 1.29 is 14.3 Å². The van der Waals surface area contributed by atoms with Crippen molar-refractivity contribution in [1.82, 2.24) is 4.90 Å². The number of hydrogen-bond donors (Lipinski definition) is 0. The summed E-state index contributed by atoms with van der Waals surface area (Å²) in [4.78, 5) is 14.8. The first kappa shape index (κ1) is 17.3. The number of likely N-dealkylation sites (tertiary alicyclic amines) is 1. The summed E-state index contributed by atoms with van der Waals surface area (Å²) in [5.74, 6) is 1.65. The number of methoxy groups -OCH3 is 2. The van der Waals surface area contributed by atoms with Gasteiger partial charge in [0.05, 0.1) is 20.3 Å². The number of benzene rings is 2. The molecular formula is C21H25NO3. The van der Waals surface area contributed by atoms with Crippen molar-refractivity contribution in [2.45, 2.75) is 31.7 Å². The maximum absolute atomic E-state index is 12.7. The second kappa shape index (κ2) is 8.06. The molecule has 1 heterocycles. The average molecular weight is 339 g/mol. The molecule has 3 rings (SSSR count). The van der Waals surface area contributed by atoms with Crippen LogP contribution in [0.3, 0.4) is 0 Å². The molecule has 0 radical (unpaired) electrons. The van der Waals surface area contributed by atoms with E-state index in [2.05, 4.69) is 12.1 Å². The first-order valence-electron chi connectivity index (χ1n) is 8.78. The zero-order chi connectivity index (χ0) is 17.6. The lowest BCUT2D eigenvalue weighted by Crippen LogP contribution is -2.30. The van der Waals surface area contributed by atoms with E-state index in [1.165, 1.54) is 5.56 Å². The molecule has 1 amide bonds. The van der Waals surface area contributed by atoms with E-state index in [1.807, 2.05) is 41.3 Å². The lowest BCUT2D eigenvalue weighted by molar-refractivity contribution is -0.132. The number of nitrogens with zero attached hydrogens (tertiary/aromatic N) is 1. The molecule has 25 heavy (non-hydrogen) atoms. The Bertz CT molecular complexity index is 714. The molecule has 0 bridgehead atoms. The Labute approximate surface area is 149 Å². The minimum atomic E-state index is 0.128. The lowest BCUT2D eigenvalue weighted by Gasteiger charge is -2.26. The second-order valence-electron chi connectivity index (χ2n) is 6.35. The Hall–Kier alpha value is -2.49. The van der Waals surface area contributed by atoms with Crippen molar-refractivity contribution in [1.29, 1.82) is 0 Å². The Kier molecular flexibility index (Phi) is 5.59. The van der Waals surface area contributed by atoms with Crippen LogP contribution in [0.25, 0.3) is 0 Å². The van der Waals surface area contributed by atoms with Crippen LogP contribution >= 0.6 is 0 Å². The van der Waals surface area contributed by atoms with Crippen LogP contribution < -0.4 is 9.47 Å². The van der Waals surface area contributed by atoms with Gasteiger partial charge >= 0.3 is 0 Å². The molecule has 1 unspecified atom stereocenters. The average Bonchev–Trinajstić information content (AvgIpc) is 3.16. The molecule has 0 spiro atoms. The first-order chi connectivity index (χ1) is 12.2. The second-order valence-corrected chi connectivity index (χ2v) is 6.35. The van der Waals surface area contributed by atoms with Crippen LogP contribution in [-0.4, -0.2) is 31.6 Å². The third-order valence-corrected chi connectivity index (χ3v) is 4.84. The summed E-state index contributed by atoms with van der Waals surface area (Å²) in [5, 5.41) is 0. The third kappa shape index (κ3) is 3.95. The monoisotopic (exact) mass is 339 g/mol. The van der Waals surface area contributed by atoms with Crippen molar-refractivity contribution in [2.24, 2.45) is 0 Å². The predicted molar refractivity (Wildman–Crippen MR) is 98.0 cm³/mol. The van der Waals surface area contributed by atoms with Crippen molar-refractivity contribution in [3.8, 4) is 11.5 Å². The highest BCUT2D eigenvalue weighted by molar-refractivity contribution is 5.77. The van der Waals surface area contributed by atoms with Gasteiger partial charge in [-0.1, -0.05) is 36.4 Å². The third-order valence-electron chi connectivity index (χ3n) is 4.84. The lowest BCUT2D eigenvalue weighted by atomic mass is 10.0. The Morgan fingerprint density at radius 1 is 1.08 bits per heavy atom. The van der Waals surface area contributed by atoms with Gasteiger partial charge in [-0.05, 0) is 42.5 Å². The number of ether oxygens (including phenoxy) is 2. The van der Waals surface area contributed by atoms with E-state index in [0.717, 1.165) is 31.4 Å². The summed E-state index contributed by atoms with van der Waals surface area (Å²) in [7, 11) is 3.27. The summed E-state index contributed by atoms with van der Waals surface area (Å²) >= 11 is 0. The minimum absolute atomic E-state index is 0.128. The number of hydrogen-bond acceptors (Lipinski definition) is 3. The Balaban J connectivity index is 1.70. The van der Waals surface area contributed by atoms with Gasteiger partial charge in [-0.15, -0.1) is 0 Å². The highest BCUT2D eigenvalue weighted by Crippen LogP contribution is 2.37. The molecule has 4 heteroatoms. The minimum Gasteiger partial charge on any atom is -0.493 e. The van der Waals surface area contributed by atoms with E-state index < -0.39 is 0 Å². The first-order valence-corrected chi connectivity index (χ1v) is 8.78. The SMILES string of the molecule is COc1ccc(C2CCCN2C(=O)CCc2ccccc2)cc1OC. The van der Waals surface area contributed by atoms with Gasteiger partial charge in [-0.3, -0.25) is 4.79 Å². The fourth-order valence-corrected chi connectivity index (χ4v) is 3.51. The normalized spacial score (nSPS) is 16.7. The highest BCUT2D eigenvalue weighted by Gasteiger charge is 2.30. The van der Waals surface area contributed by atoms with Crippen LogP contribution in [0.1, 0.15) is 36.4 Å². The standard InChI is InChI=1S/C21H25NO3/c1-24-19-12-11-17(15-20(19)25-2)18-9-6-14-22(18)21(23)13-10-16-7-4-3-5-8-16/h3-5,7-8,11-12,15,18H,6,9-10,13-14H2,1-2H3. The summed E-state index contributed by atoms with van der Waals surface area (Å²) in [5.41, 5.74) is 2.32. The topological polar surface area (TPSA) is 38.8 Å². The largest absolute Gasteiger partial charge is 0.493 e. The molecule has 132 valence electrons. The fraction of sp³-hybridized carbons (Fsp3) is 0.381. The highest BCUT2D eigenvalue weighted by atomic mass is 16.5.